The van der Waals surface area contributed by atoms with Gasteiger partial charge in [0, 0.05) is 36.8 Å². The summed E-state index contributed by atoms with van der Waals surface area (Å²) in [5.74, 6) is 1.66. The number of likely N-dealkylation sites (tertiary alicyclic amines) is 1. The number of aromatic nitrogens is 2. The fourth-order valence-corrected chi connectivity index (χ4v) is 5.16. The Hall–Kier alpha value is -1.00. The van der Waals surface area contributed by atoms with E-state index in [0.717, 1.165) is 25.0 Å². The summed E-state index contributed by atoms with van der Waals surface area (Å²) < 4.78 is 6.23. The molecule has 0 aromatic carbocycles. The lowest BCUT2D eigenvalue weighted by Gasteiger charge is -2.50. The Labute approximate surface area is 138 Å². The highest BCUT2D eigenvalue weighted by Crippen LogP contribution is 2.45. The normalized spacial score (nSPS) is 28.2. The van der Waals surface area contributed by atoms with E-state index < -0.39 is 0 Å². The van der Waals surface area contributed by atoms with E-state index in [1.165, 1.54) is 69.0 Å². The molecule has 3 fully saturated rings. The third kappa shape index (κ3) is 2.33. The Morgan fingerprint density at radius 2 is 1.74 bits per heavy atom. The lowest BCUT2D eigenvalue weighted by atomic mass is 9.85. The van der Waals surface area contributed by atoms with Crippen molar-refractivity contribution in [1.82, 2.24) is 14.9 Å². The molecule has 0 atom stereocenters. The molecule has 3 heterocycles. The van der Waals surface area contributed by atoms with Crippen molar-refractivity contribution in [1.29, 1.82) is 0 Å². The zero-order chi connectivity index (χ0) is 15.3. The van der Waals surface area contributed by atoms with Crippen LogP contribution in [0.15, 0.2) is 6.20 Å². The van der Waals surface area contributed by atoms with Crippen molar-refractivity contribution in [3.05, 3.63) is 23.3 Å². The molecule has 1 aromatic heterocycles. The summed E-state index contributed by atoms with van der Waals surface area (Å²) in [7, 11) is 0. The molecule has 4 aliphatic rings. The molecule has 0 radical (unpaired) electrons. The third-order valence-electron chi connectivity index (χ3n) is 6.59. The van der Waals surface area contributed by atoms with Crippen molar-refractivity contribution in [3.8, 4) is 0 Å². The van der Waals surface area contributed by atoms with Crippen LogP contribution in [0.5, 0.6) is 0 Å². The predicted molar refractivity (Wildman–Crippen MR) is 88.2 cm³/mol. The van der Waals surface area contributed by atoms with Gasteiger partial charge in [-0.25, -0.2) is 9.97 Å². The standard InChI is InChI=1S/C19H27N3O/c1-2-6-14(7-3-1)18-20-10-16-17(21-18)11-23-19(16)12-22(13-19)15-8-4-5-9-15/h10,14-15H,1-9,11-13H2. The van der Waals surface area contributed by atoms with Crippen molar-refractivity contribution in [2.24, 2.45) is 0 Å². The Morgan fingerprint density at radius 3 is 2.52 bits per heavy atom. The third-order valence-corrected chi connectivity index (χ3v) is 6.59. The second kappa shape index (κ2) is 5.52. The average Bonchev–Trinajstić information content (AvgIpc) is 3.21. The fraction of sp³-hybridized carbons (Fsp3) is 0.789. The summed E-state index contributed by atoms with van der Waals surface area (Å²) in [6.45, 7) is 2.80. The van der Waals surface area contributed by atoms with Crippen LogP contribution in [0, 0.1) is 0 Å². The molecule has 124 valence electrons. The second-order valence-electron chi connectivity index (χ2n) is 8.05. The molecular weight excluding hydrogens is 286 g/mol. The van der Waals surface area contributed by atoms with Crippen LogP contribution in [0.4, 0.5) is 0 Å². The van der Waals surface area contributed by atoms with Crippen LogP contribution >= 0.6 is 0 Å². The first-order chi connectivity index (χ1) is 11.3. The molecule has 1 spiro atoms. The number of rotatable bonds is 2. The summed E-state index contributed by atoms with van der Waals surface area (Å²) in [6, 6.07) is 0.802. The quantitative estimate of drug-likeness (QED) is 0.837. The van der Waals surface area contributed by atoms with Gasteiger partial charge in [0.15, 0.2) is 0 Å². The molecule has 4 nitrogen and oxygen atoms in total. The molecule has 4 heteroatoms. The lowest BCUT2D eigenvalue weighted by molar-refractivity contribution is -0.154. The SMILES string of the molecule is c1nc(C2CCCCC2)nc2c1C1(CN(C3CCCC3)C1)OC2. The number of hydrogen-bond donors (Lipinski definition) is 0. The molecule has 1 saturated heterocycles. The van der Waals surface area contributed by atoms with Crippen molar-refractivity contribution in [2.75, 3.05) is 13.1 Å². The lowest BCUT2D eigenvalue weighted by Crippen LogP contribution is -2.62. The van der Waals surface area contributed by atoms with Crippen LogP contribution in [-0.2, 0) is 16.9 Å². The molecule has 2 aliphatic heterocycles. The largest absolute Gasteiger partial charge is 0.361 e. The first-order valence-electron chi connectivity index (χ1n) is 9.58. The maximum Gasteiger partial charge on any atom is 0.131 e. The number of ether oxygens (including phenoxy) is 1. The molecule has 2 aliphatic carbocycles. The smallest absolute Gasteiger partial charge is 0.131 e. The van der Waals surface area contributed by atoms with E-state index in [1.807, 2.05) is 0 Å². The molecule has 0 bridgehead atoms. The van der Waals surface area contributed by atoms with Gasteiger partial charge in [-0.3, -0.25) is 4.90 Å². The minimum atomic E-state index is -0.0803. The Balaban J connectivity index is 1.33. The predicted octanol–water partition coefficient (Wildman–Crippen LogP) is 3.51. The van der Waals surface area contributed by atoms with E-state index >= 15 is 0 Å². The van der Waals surface area contributed by atoms with Gasteiger partial charge in [-0.2, -0.15) is 0 Å². The van der Waals surface area contributed by atoms with E-state index in [2.05, 4.69) is 11.1 Å². The summed E-state index contributed by atoms with van der Waals surface area (Å²) in [5, 5.41) is 0. The van der Waals surface area contributed by atoms with Gasteiger partial charge in [0.05, 0.1) is 12.3 Å². The molecule has 1 aromatic rings. The van der Waals surface area contributed by atoms with Gasteiger partial charge in [0.1, 0.15) is 11.4 Å². The van der Waals surface area contributed by atoms with E-state index in [9.17, 15) is 0 Å². The Kier molecular flexibility index (Phi) is 3.45. The summed E-state index contributed by atoms with van der Waals surface area (Å²) in [4.78, 5) is 12.3. The Morgan fingerprint density at radius 1 is 1.00 bits per heavy atom. The van der Waals surface area contributed by atoms with Crippen molar-refractivity contribution in [3.63, 3.8) is 0 Å². The van der Waals surface area contributed by atoms with E-state index in [-0.39, 0.29) is 5.60 Å². The second-order valence-corrected chi connectivity index (χ2v) is 8.05. The highest BCUT2D eigenvalue weighted by Gasteiger charge is 2.52. The topological polar surface area (TPSA) is 38.2 Å². The molecule has 0 amide bonds. The molecule has 2 saturated carbocycles. The van der Waals surface area contributed by atoms with Gasteiger partial charge >= 0.3 is 0 Å². The van der Waals surface area contributed by atoms with Crippen LogP contribution in [0.1, 0.15) is 80.8 Å². The highest BCUT2D eigenvalue weighted by molar-refractivity contribution is 5.33. The monoisotopic (exact) mass is 313 g/mol. The zero-order valence-electron chi connectivity index (χ0n) is 14.0. The van der Waals surface area contributed by atoms with Gasteiger partial charge in [-0.05, 0) is 25.7 Å². The molecular formula is C19H27N3O. The number of fused-ring (bicyclic) bond motifs is 2. The van der Waals surface area contributed by atoms with E-state index in [1.54, 1.807) is 0 Å². The zero-order valence-corrected chi connectivity index (χ0v) is 14.0. The highest BCUT2D eigenvalue weighted by atomic mass is 16.5. The van der Waals surface area contributed by atoms with Crippen LogP contribution < -0.4 is 0 Å². The number of hydrogen-bond acceptors (Lipinski definition) is 4. The van der Waals surface area contributed by atoms with Gasteiger partial charge in [-0.15, -0.1) is 0 Å². The summed E-state index contributed by atoms with van der Waals surface area (Å²) in [5.41, 5.74) is 2.38. The first-order valence-corrected chi connectivity index (χ1v) is 9.58. The fourth-order valence-electron chi connectivity index (χ4n) is 5.16. The average molecular weight is 313 g/mol. The molecule has 5 rings (SSSR count). The minimum absolute atomic E-state index is 0.0803. The van der Waals surface area contributed by atoms with E-state index in [0.29, 0.717) is 12.5 Å². The van der Waals surface area contributed by atoms with Crippen LogP contribution in [0.2, 0.25) is 0 Å². The van der Waals surface area contributed by atoms with Gasteiger partial charge in [0.2, 0.25) is 0 Å². The van der Waals surface area contributed by atoms with Gasteiger partial charge < -0.3 is 4.74 Å². The Bertz CT molecular complexity index is 584. The summed E-state index contributed by atoms with van der Waals surface area (Å²) >= 11 is 0. The van der Waals surface area contributed by atoms with Crippen molar-refractivity contribution >= 4 is 0 Å². The molecule has 0 unspecified atom stereocenters. The maximum atomic E-state index is 6.23. The molecule has 23 heavy (non-hydrogen) atoms. The van der Waals surface area contributed by atoms with Crippen LogP contribution in [0.3, 0.4) is 0 Å². The van der Waals surface area contributed by atoms with Crippen LogP contribution in [-0.4, -0.2) is 34.0 Å². The number of nitrogens with zero attached hydrogens (tertiary/aromatic N) is 3. The van der Waals surface area contributed by atoms with Gasteiger partial charge in [-0.1, -0.05) is 32.1 Å². The maximum absolute atomic E-state index is 6.23. The van der Waals surface area contributed by atoms with Crippen molar-refractivity contribution in [2.45, 2.75) is 82.0 Å². The van der Waals surface area contributed by atoms with E-state index in [4.69, 9.17) is 14.7 Å². The van der Waals surface area contributed by atoms with Crippen molar-refractivity contribution < 1.29 is 4.74 Å². The van der Waals surface area contributed by atoms with Crippen LogP contribution in [0.25, 0.3) is 0 Å². The minimum Gasteiger partial charge on any atom is -0.361 e. The molecule has 0 N–H and O–H groups in total. The summed E-state index contributed by atoms with van der Waals surface area (Å²) in [6.07, 6.45) is 14.2. The first kappa shape index (κ1) is 14.4. The van der Waals surface area contributed by atoms with Gasteiger partial charge in [0.25, 0.3) is 0 Å².